The lowest BCUT2D eigenvalue weighted by Gasteiger charge is -2.28. The van der Waals surface area contributed by atoms with Crippen LogP contribution in [-0.4, -0.2) is 45.7 Å². The number of hydrogen-bond donors (Lipinski definition) is 2. The minimum absolute atomic E-state index is 0.135. The van der Waals surface area contributed by atoms with Crippen molar-refractivity contribution < 1.29 is 5.11 Å². The predicted molar refractivity (Wildman–Crippen MR) is 82.1 cm³/mol. The third-order valence-corrected chi connectivity index (χ3v) is 4.44. The molecule has 3 rings (SSSR count). The van der Waals surface area contributed by atoms with E-state index in [2.05, 4.69) is 38.6 Å². The Labute approximate surface area is 122 Å². The highest BCUT2D eigenvalue weighted by Gasteiger charge is 2.18. The molecule has 1 saturated heterocycles. The summed E-state index contributed by atoms with van der Waals surface area (Å²) >= 11 is 1.65. The lowest BCUT2D eigenvalue weighted by Crippen LogP contribution is -2.35. The van der Waals surface area contributed by atoms with Crippen molar-refractivity contribution in [3.05, 3.63) is 17.3 Å². The average molecular weight is 292 g/mol. The Balaban J connectivity index is 1.80. The Morgan fingerprint density at radius 1 is 1.40 bits per heavy atom. The van der Waals surface area contributed by atoms with Crippen molar-refractivity contribution in [1.82, 2.24) is 14.9 Å². The number of anilines is 1. The third kappa shape index (κ3) is 2.92. The number of hydrogen-bond acceptors (Lipinski definition) is 6. The fourth-order valence-electron chi connectivity index (χ4n) is 2.55. The number of thiophene rings is 1. The zero-order valence-electron chi connectivity index (χ0n) is 11.7. The van der Waals surface area contributed by atoms with Crippen LogP contribution in [0.15, 0.2) is 11.4 Å². The molecule has 0 unspecified atom stereocenters. The van der Waals surface area contributed by atoms with Crippen molar-refractivity contribution in [3.8, 4) is 0 Å². The van der Waals surface area contributed by atoms with Gasteiger partial charge in [0.15, 0.2) is 0 Å². The van der Waals surface area contributed by atoms with E-state index in [4.69, 9.17) is 0 Å². The first-order chi connectivity index (χ1) is 9.76. The van der Waals surface area contributed by atoms with Crippen LogP contribution in [0, 0.1) is 0 Å². The van der Waals surface area contributed by atoms with Crippen LogP contribution in [0.2, 0.25) is 0 Å². The van der Waals surface area contributed by atoms with E-state index in [1.165, 1.54) is 0 Å². The molecular weight excluding hydrogens is 272 g/mol. The molecule has 1 aliphatic heterocycles. The van der Waals surface area contributed by atoms with E-state index in [0.29, 0.717) is 0 Å². The maximum Gasteiger partial charge on any atom is 0.146 e. The second kappa shape index (κ2) is 6.03. The van der Waals surface area contributed by atoms with Crippen LogP contribution < -0.4 is 5.32 Å². The molecule has 1 aliphatic rings. The fraction of sp³-hybridized carbons (Fsp3) is 0.571. The van der Waals surface area contributed by atoms with Crippen LogP contribution in [0.4, 0.5) is 5.82 Å². The largest absolute Gasteiger partial charge is 0.393 e. The van der Waals surface area contributed by atoms with Gasteiger partial charge in [-0.2, -0.15) is 0 Å². The maximum absolute atomic E-state index is 9.55. The van der Waals surface area contributed by atoms with E-state index in [-0.39, 0.29) is 6.10 Å². The lowest BCUT2D eigenvalue weighted by molar-refractivity contribution is 0.0781. The van der Waals surface area contributed by atoms with Crippen LogP contribution in [0.25, 0.3) is 10.2 Å². The number of rotatable bonds is 4. The highest BCUT2D eigenvalue weighted by molar-refractivity contribution is 7.16. The summed E-state index contributed by atoms with van der Waals surface area (Å²) in [5, 5.41) is 16.0. The third-order valence-electron chi connectivity index (χ3n) is 3.64. The van der Waals surface area contributed by atoms with Gasteiger partial charge in [-0.3, -0.25) is 4.90 Å². The normalized spacial score (nSPS) is 17.7. The molecule has 0 radical (unpaired) electrons. The summed E-state index contributed by atoms with van der Waals surface area (Å²) in [6.07, 6.45) is 1.56. The van der Waals surface area contributed by atoms with Crippen LogP contribution in [-0.2, 0) is 6.54 Å². The molecular formula is C14H20N4OS. The molecule has 2 aromatic rings. The Bertz CT molecular complexity index is 578. The molecule has 20 heavy (non-hydrogen) atoms. The highest BCUT2D eigenvalue weighted by Crippen LogP contribution is 2.25. The van der Waals surface area contributed by atoms with E-state index >= 15 is 0 Å². The number of aromatic nitrogens is 2. The number of likely N-dealkylation sites (tertiary alicyclic amines) is 1. The van der Waals surface area contributed by atoms with Crippen LogP contribution in [0.3, 0.4) is 0 Å². The van der Waals surface area contributed by atoms with E-state index in [1.807, 2.05) is 0 Å². The van der Waals surface area contributed by atoms with Crippen molar-refractivity contribution in [2.75, 3.05) is 25.0 Å². The molecule has 6 heteroatoms. The molecule has 5 nitrogen and oxygen atoms in total. The van der Waals surface area contributed by atoms with Crippen molar-refractivity contribution in [2.45, 2.75) is 32.4 Å². The van der Waals surface area contributed by atoms with Crippen molar-refractivity contribution in [3.63, 3.8) is 0 Å². The molecule has 2 N–H and O–H groups in total. The smallest absolute Gasteiger partial charge is 0.146 e. The summed E-state index contributed by atoms with van der Waals surface area (Å²) in [4.78, 5) is 12.7. The monoisotopic (exact) mass is 292 g/mol. The highest BCUT2D eigenvalue weighted by atomic mass is 32.1. The molecule has 2 aromatic heterocycles. The second-order valence-corrected chi connectivity index (χ2v) is 6.06. The number of fused-ring (bicyclic) bond motifs is 1. The molecule has 0 amide bonds. The van der Waals surface area contributed by atoms with Gasteiger partial charge in [0.05, 0.1) is 18.0 Å². The number of nitrogens with one attached hydrogen (secondary N) is 1. The van der Waals surface area contributed by atoms with Gasteiger partial charge in [0, 0.05) is 19.6 Å². The Morgan fingerprint density at radius 3 is 2.95 bits per heavy atom. The van der Waals surface area contributed by atoms with E-state index in [9.17, 15) is 5.11 Å². The topological polar surface area (TPSA) is 61.3 Å². The molecule has 0 aliphatic carbocycles. The Hall–Kier alpha value is -1.24. The first-order valence-electron chi connectivity index (χ1n) is 7.14. The minimum Gasteiger partial charge on any atom is -0.393 e. The van der Waals surface area contributed by atoms with Gasteiger partial charge in [0.2, 0.25) is 0 Å². The Kier molecular flexibility index (Phi) is 4.14. The van der Waals surface area contributed by atoms with Gasteiger partial charge in [0.1, 0.15) is 16.5 Å². The van der Waals surface area contributed by atoms with Crippen LogP contribution >= 0.6 is 11.3 Å². The van der Waals surface area contributed by atoms with Gasteiger partial charge < -0.3 is 10.4 Å². The van der Waals surface area contributed by atoms with Gasteiger partial charge in [-0.1, -0.05) is 0 Å². The zero-order chi connectivity index (χ0) is 13.9. The molecule has 0 bridgehead atoms. The van der Waals surface area contributed by atoms with Gasteiger partial charge in [-0.05, 0) is 31.2 Å². The number of aliphatic hydroxyl groups is 1. The van der Waals surface area contributed by atoms with Gasteiger partial charge in [0.25, 0.3) is 0 Å². The van der Waals surface area contributed by atoms with Gasteiger partial charge >= 0.3 is 0 Å². The average Bonchev–Trinajstić information content (AvgIpc) is 2.90. The predicted octanol–water partition coefficient (Wildman–Crippen LogP) is 2.08. The van der Waals surface area contributed by atoms with E-state index in [0.717, 1.165) is 60.9 Å². The van der Waals surface area contributed by atoms with Gasteiger partial charge in [-0.15, -0.1) is 11.3 Å². The SMILES string of the molecule is CCNc1nc(CN2CCC(O)CC2)nc2sccc12. The van der Waals surface area contributed by atoms with Crippen molar-refractivity contribution in [1.29, 1.82) is 0 Å². The van der Waals surface area contributed by atoms with E-state index < -0.39 is 0 Å². The molecule has 1 fully saturated rings. The summed E-state index contributed by atoms with van der Waals surface area (Å²) in [5.41, 5.74) is 0. The summed E-state index contributed by atoms with van der Waals surface area (Å²) in [5.74, 6) is 1.80. The quantitative estimate of drug-likeness (QED) is 0.903. The molecule has 3 heterocycles. The molecule has 108 valence electrons. The summed E-state index contributed by atoms with van der Waals surface area (Å²) in [7, 11) is 0. The van der Waals surface area contributed by atoms with E-state index in [1.54, 1.807) is 11.3 Å². The van der Waals surface area contributed by atoms with Gasteiger partial charge in [-0.25, -0.2) is 9.97 Å². The second-order valence-electron chi connectivity index (χ2n) is 5.17. The summed E-state index contributed by atoms with van der Waals surface area (Å²) < 4.78 is 0. The minimum atomic E-state index is -0.135. The van der Waals surface area contributed by atoms with Crippen molar-refractivity contribution >= 4 is 27.4 Å². The van der Waals surface area contributed by atoms with Crippen LogP contribution in [0.1, 0.15) is 25.6 Å². The molecule has 0 spiro atoms. The molecule has 0 atom stereocenters. The lowest BCUT2D eigenvalue weighted by atomic mass is 10.1. The standard InChI is InChI=1S/C14H20N4OS/c1-2-15-13-11-5-8-20-14(11)17-12(16-13)9-18-6-3-10(19)4-7-18/h5,8,10,19H,2-4,6-7,9H2,1H3,(H,15,16,17). The molecule has 0 aromatic carbocycles. The molecule has 0 saturated carbocycles. The zero-order valence-corrected chi connectivity index (χ0v) is 12.5. The van der Waals surface area contributed by atoms with Crippen LogP contribution in [0.5, 0.6) is 0 Å². The first kappa shape index (κ1) is 13.7. The number of aliphatic hydroxyl groups excluding tert-OH is 1. The summed E-state index contributed by atoms with van der Waals surface area (Å²) in [6.45, 7) is 5.54. The fourth-order valence-corrected chi connectivity index (χ4v) is 3.33. The number of nitrogens with zero attached hydrogens (tertiary/aromatic N) is 3. The van der Waals surface area contributed by atoms with Crippen molar-refractivity contribution in [2.24, 2.45) is 0 Å². The first-order valence-corrected chi connectivity index (χ1v) is 8.02. The maximum atomic E-state index is 9.55. The number of piperidine rings is 1. The Morgan fingerprint density at radius 2 is 2.20 bits per heavy atom. The summed E-state index contributed by atoms with van der Waals surface area (Å²) in [6, 6.07) is 2.07.